The summed E-state index contributed by atoms with van der Waals surface area (Å²) in [6.45, 7) is 3.63. The molecular weight excluding hydrogens is 150 g/mol. The average molecular weight is 163 g/mol. The van der Waals surface area contributed by atoms with E-state index in [0.29, 0.717) is 0 Å². The molecule has 0 saturated carbocycles. The molecule has 0 aliphatic heterocycles. The summed E-state index contributed by atoms with van der Waals surface area (Å²) >= 11 is 0. The van der Waals surface area contributed by atoms with Gasteiger partial charge in [0.15, 0.2) is 0 Å². The Morgan fingerprint density at radius 3 is 2.75 bits per heavy atom. The quantitative estimate of drug-likeness (QED) is 0.661. The molecule has 2 nitrogen and oxygen atoms in total. The zero-order valence-electron chi connectivity index (χ0n) is 6.90. The summed E-state index contributed by atoms with van der Waals surface area (Å²) in [7, 11) is 0. The summed E-state index contributed by atoms with van der Waals surface area (Å²) in [5.41, 5.74) is 7.55. The van der Waals surface area contributed by atoms with Crippen LogP contribution in [-0.4, -0.2) is 5.11 Å². The maximum atomic E-state index is 8.97. The van der Waals surface area contributed by atoms with E-state index in [1.807, 2.05) is 24.3 Å². The predicted octanol–water partition coefficient (Wildman–Crippen LogP) is 1.36. The molecular formula is C10H13NO. The molecule has 1 rings (SSSR count). The highest BCUT2D eigenvalue weighted by Gasteiger charge is 2.05. The summed E-state index contributed by atoms with van der Waals surface area (Å²) in [6, 6.07) is 7.35. The number of aliphatic hydroxyl groups excluding tert-OH is 1. The predicted molar refractivity (Wildman–Crippen MR) is 49.5 cm³/mol. The fourth-order valence-corrected chi connectivity index (χ4v) is 1.13. The van der Waals surface area contributed by atoms with E-state index in [2.05, 4.69) is 6.58 Å². The summed E-state index contributed by atoms with van der Waals surface area (Å²) in [5, 5.41) is 8.97. The molecule has 0 aliphatic rings. The number of benzene rings is 1. The van der Waals surface area contributed by atoms with E-state index < -0.39 is 0 Å². The van der Waals surface area contributed by atoms with Crippen LogP contribution in [0, 0.1) is 0 Å². The van der Waals surface area contributed by atoms with Gasteiger partial charge in [0.25, 0.3) is 0 Å². The third-order valence-corrected chi connectivity index (χ3v) is 1.84. The smallest absolute Gasteiger partial charge is 0.0685 e. The fraction of sp³-hybridized carbons (Fsp3) is 0.200. The molecule has 2 heteroatoms. The maximum absolute atomic E-state index is 8.97. The van der Waals surface area contributed by atoms with Crippen LogP contribution in [0.25, 0.3) is 0 Å². The molecule has 0 aromatic heterocycles. The summed E-state index contributed by atoms with van der Waals surface area (Å²) in [5.74, 6) is 0. The van der Waals surface area contributed by atoms with Gasteiger partial charge in [-0.3, -0.25) is 0 Å². The molecule has 0 saturated heterocycles. The van der Waals surface area contributed by atoms with Crippen molar-refractivity contribution in [2.24, 2.45) is 5.73 Å². The highest BCUT2D eigenvalue weighted by Crippen LogP contribution is 2.16. The normalized spacial score (nSPS) is 12.5. The number of hydrogen-bond donors (Lipinski definition) is 2. The zero-order valence-corrected chi connectivity index (χ0v) is 6.90. The van der Waals surface area contributed by atoms with Crippen LogP contribution in [0.4, 0.5) is 0 Å². The van der Waals surface area contributed by atoms with Crippen molar-refractivity contribution in [2.45, 2.75) is 12.6 Å². The van der Waals surface area contributed by atoms with Crippen molar-refractivity contribution in [3.8, 4) is 0 Å². The molecule has 1 aromatic rings. The molecule has 64 valence electrons. The van der Waals surface area contributed by atoms with Crippen molar-refractivity contribution in [1.82, 2.24) is 0 Å². The fourth-order valence-electron chi connectivity index (χ4n) is 1.13. The summed E-state index contributed by atoms with van der Waals surface area (Å²) in [6.07, 6.45) is 1.66. The number of rotatable bonds is 3. The first-order chi connectivity index (χ1) is 5.79. The lowest BCUT2D eigenvalue weighted by atomic mass is 10.0. The second-order valence-corrected chi connectivity index (χ2v) is 2.62. The first-order valence-electron chi connectivity index (χ1n) is 3.86. The van der Waals surface area contributed by atoms with E-state index in [4.69, 9.17) is 10.8 Å². The van der Waals surface area contributed by atoms with Crippen LogP contribution in [0.15, 0.2) is 36.9 Å². The lowest BCUT2D eigenvalue weighted by Crippen LogP contribution is -2.09. The van der Waals surface area contributed by atoms with Crippen molar-refractivity contribution in [3.63, 3.8) is 0 Å². The van der Waals surface area contributed by atoms with Crippen LogP contribution < -0.4 is 5.73 Å². The van der Waals surface area contributed by atoms with E-state index in [-0.39, 0.29) is 12.6 Å². The first-order valence-corrected chi connectivity index (χ1v) is 3.86. The Morgan fingerprint density at radius 2 is 2.17 bits per heavy atom. The van der Waals surface area contributed by atoms with E-state index in [1.165, 1.54) is 0 Å². The van der Waals surface area contributed by atoms with Crippen molar-refractivity contribution in [2.75, 3.05) is 0 Å². The van der Waals surface area contributed by atoms with Gasteiger partial charge in [0.2, 0.25) is 0 Å². The third-order valence-electron chi connectivity index (χ3n) is 1.84. The van der Waals surface area contributed by atoms with Crippen LogP contribution in [0.1, 0.15) is 17.2 Å². The number of hydrogen-bond acceptors (Lipinski definition) is 2. The van der Waals surface area contributed by atoms with Crippen molar-refractivity contribution < 1.29 is 5.11 Å². The molecule has 0 spiro atoms. The van der Waals surface area contributed by atoms with Crippen LogP contribution in [0.3, 0.4) is 0 Å². The lowest BCUT2D eigenvalue weighted by molar-refractivity contribution is 0.280. The topological polar surface area (TPSA) is 46.2 Å². The Kier molecular flexibility index (Phi) is 3.02. The minimum Gasteiger partial charge on any atom is -0.392 e. The number of nitrogens with two attached hydrogens (primary N) is 1. The van der Waals surface area contributed by atoms with Gasteiger partial charge in [-0.05, 0) is 11.1 Å². The Labute approximate surface area is 72.3 Å². The van der Waals surface area contributed by atoms with Crippen molar-refractivity contribution >= 4 is 0 Å². The van der Waals surface area contributed by atoms with Gasteiger partial charge >= 0.3 is 0 Å². The molecule has 1 atom stereocenters. The van der Waals surface area contributed by atoms with Crippen molar-refractivity contribution in [1.29, 1.82) is 0 Å². The second-order valence-electron chi connectivity index (χ2n) is 2.62. The highest BCUT2D eigenvalue weighted by molar-refractivity contribution is 5.31. The minimum absolute atomic E-state index is 0.0255. The Balaban J connectivity index is 3.04. The third kappa shape index (κ3) is 1.72. The molecule has 0 fully saturated rings. The second kappa shape index (κ2) is 4.04. The van der Waals surface area contributed by atoms with Gasteiger partial charge in [-0.1, -0.05) is 30.3 Å². The van der Waals surface area contributed by atoms with E-state index in [0.717, 1.165) is 11.1 Å². The van der Waals surface area contributed by atoms with Gasteiger partial charge in [0.05, 0.1) is 6.61 Å². The summed E-state index contributed by atoms with van der Waals surface area (Å²) in [4.78, 5) is 0. The first kappa shape index (κ1) is 8.97. The van der Waals surface area contributed by atoms with Gasteiger partial charge in [0, 0.05) is 6.04 Å². The molecule has 0 unspecified atom stereocenters. The van der Waals surface area contributed by atoms with Crippen LogP contribution in [0.2, 0.25) is 0 Å². The Morgan fingerprint density at radius 1 is 1.50 bits per heavy atom. The highest BCUT2D eigenvalue weighted by atomic mass is 16.3. The monoisotopic (exact) mass is 163 g/mol. The largest absolute Gasteiger partial charge is 0.392 e. The molecule has 0 bridgehead atoms. The Hall–Kier alpha value is -1.12. The maximum Gasteiger partial charge on any atom is 0.0685 e. The summed E-state index contributed by atoms with van der Waals surface area (Å²) < 4.78 is 0. The molecule has 0 aliphatic carbocycles. The zero-order chi connectivity index (χ0) is 8.97. The van der Waals surface area contributed by atoms with Gasteiger partial charge in [-0.25, -0.2) is 0 Å². The van der Waals surface area contributed by atoms with E-state index in [1.54, 1.807) is 6.08 Å². The lowest BCUT2D eigenvalue weighted by Gasteiger charge is -2.10. The van der Waals surface area contributed by atoms with Gasteiger partial charge in [0.1, 0.15) is 0 Å². The molecule has 1 aromatic carbocycles. The Bertz CT molecular complexity index is 270. The standard InChI is InChI=1S/C10H13NO/c1-2-10(11)9-6-4-3-5-8(9)7-12/h2-6,10,12H,1,7,11H2/t10-/m0/s1. The molecule has 0 radical (unpaired) electrons. The van der Waals surface area contributed by atoms with E-state index in [9.17, 15) is 0 Å². The van der Waals surface area contributed by atoms with Crippen LogP contribution >= 0.6 is 0 Å². The molecule has 0 heterocycles. The average Bonchev–Trinajstić information content (AvgIpc) is 2.16. The van der Waals surface area contributed by atoms with Gasteiger partial charge in [-0.15, -0.1) is 6.58 Å². The number of aliphatic hydroxyl groups is 1. The SMILES string of the molecule is C=C[C@H](N)c1ccccc1CO. The van der Waals surface area contributed by atoms with Crippen LogP contribution in [-0.2, 0) is 6.61 Å². The van der Waals surface area contributed by atoms with E-state index >= 15 is 0 Å². The molecule has 12 heavy (non-hydrogen) atoms. The van der Waals surface area contributed by atoms with Gasteiger partial charge < -0.3 is 10.8 Å². The minimum atomic E-state index is -0.187. The van der Waals surface area contributed by atoms with Crippen molar-refractivity contribution in [3.05, 3.63) is 48.0 Å². The molecule has 3 N–H and O–H groups in total. The molecule has 0 amide bonds. The van der Waals surface area contributed by atoms with Gasteiger partial charge in [-0.2, -0.15) is 0 Å². The van der Waals surface area contributed by atoms with Crippen LogP contribution in [0.5, 0.6) is 0 Å².